The summed E-state index contributed by atoms with van der Waals surface area (Å²) in [5, 5.41) is 0.742. The number of hydrogen-bond acceptors (Lipinski definition) is 2. The molecular formula is C16H14Cl2O2. The van der Waals surface area contributed by atoms with E-state index < -0.39 is 5.97 Å². The van der Waals surface area contributed by atoms with Crippen molar-refractivity contribution in [3.8, 4) is 5.75 Å². The van der Waals surface area contributed by atoms with E-state index in [1.54, 1.807) is 24.3 Å². The van der Waals surface area contributed by atoms with Gasteiger partial charge in [-0.2, -0.15) is 0 Å². The first-order valence-electron chi connectivity index (χ1n) is 6.36. The molecular weight excluding hydrogens is 295 g/mol. The van der Waals surface area contributed by atoms with Crippen LogP contribution in [-0.4, -0.2) is 5.97 Å². The minimum atomic E-state index is -0.452. The van der Waals surface area contributed by atoms with Crippen molar-refractivity contribution in [3.05, 3.63) is 63.6 Å². The first-order valence-corrected chi connectivity index (χ1v) is 7.12. The molecule has 0 saturated heterocycles. The molecule has 20 heavy (non-hydrogen) atoms. The molecule has 0 N–H and O–H groups in total. The fourth-order valence-corrected chi connectivity index (χ4v) is 2.10. The minimum absolute atomic E-state index is 0.333. The van der Waals surface area contributed by atoms with Crippen LogP contribution in [0.4, 0.5) is 0 Å². The average Bonchev–Trinajstić information content (AvgIpc) is 2.44. The van der Waals surface area contributed by atoms with Crippen molar-refractivity contribution in [3.63, 3.8) is 0 Å². The van der Waals surface area contributed by atoms with Crippen molar-refractivity contribution < 1.29 is 9.53 Å². The minimum Gasteiger partial charge on any atom is -0.423 e. The fourth-order valence-electron chi connectivity index (χ4n) is 1.80. The highest BCUT2D eigenvalue weighted by atomic mass is 35.5. The number of hydrogen-bond donors (Lipinski definition) is 0. The van der Waals surface area contributed by atoms with Gasteiger partial charge in [0.1, 0.15) is 5.75 Å². The summed E-state index contributed by atoms with van der Waals surface area (Å²) >= 11 is 11.7. The summed E-state index contributed by atoms with van der Waals surface area (Å²) in [6, 6.07) is 12.2. The number of ether oxygens (including phenoxy) is 1. The van der Waals surface area contributed by atoms with E-state index in [-0.39, 0.29) is 0 Å². The predicted octanol–water partition coefficient (Wildman–Crippen LogP) is 5.17. The fraction of sp³-hybridized carbons (Fsp3) is 0.188. The molecule has 0 atom stereocenters. The smallest absolute Gasteiger partial charge is 0.343 e. The molecule has 0 heterocycles. The predicted molar refractivity (Wildman–Crippen MR) is 81.9 cm³/mol. The average molecular weight is 309 g/mol. The number of aryl methyl sites for hydroxylation is 1. The Kier molecular flexibility index (Phi) is 5.05. The van der Waals surface area contributed by atoms with Crippen LogP contribution >= 0.6 is 23.2 Å². The third kappa shape index (κ3) is 3.75. The van der Waals surface area contributed by atoms with Crippen LogP contribution in [-0.2, 0) is 6.42 Å². The molecule has 2 nitrogen and oxygen atoms in total. The molecule has 2 rings (SSSR count). The summed E-state index contributed by atoms with van der Waals surface area (Å²) in [5.74, 6) is 0.0627. The zero-order chi connectivity index (χ0) is 14.5. The van der Waals surface area contributed by atoms with E-state index in [9.17, 15) is 4.79 Å². The van der Waals surface area contributed by atoms with Crippen LogP contribution in [0.1, 0.15) is 29.3 Å². The van der Waals surface area contributed by atoms with Gasteiger partial charge in [0.25, 0.3) is 0 Å². The van der Waals surface area contributed by atoms with Gasteiger partial charge in [0.05, 0.1) is 15.6 Å². The number of carbonyl (C=O) groups is 1. The van der Waals surface area contributed by atoms with Crippen molar-refractivity contribution in [2.45, 2.75) is 19.8 Å². The summed E-state index contributed by atoms with van der Waals surface area (Å²) in [5.41, 5.74) is 1.60. The molecule has 0 amide bonds. The van der Waals surface area contributed by atoms with Crippen molar-refractivity contribution in [1.29, 1.82) is 0 Å². The van der Waals surface area contributed by atoms with Gasteiger partial charge in [-0.15, -0.1) is 0 Å². The largest absolute Gasteiger partial charge is 0.423 e. The third-order valence-electron chi connectivity index (χ3n) is 2.83. The van der Waals surface area contributed by atoms with Crippen LogP contribution in [0, 0.1) is 0 Å². The van der Waals surface area contributed by atoms with E-state index in [1.807, 2.05) is 12.1 Å². The molecule has 2 aromatic rings. The molecule has 0 fully saturated rings. The quantitative estimate of drug-likeness (QED) is 0.575. The number of esters is 1. The van der Waals surface area contributed by atoms with Crippen molar-refractivity contribution in [2.24, 2.45) is 0 Å². The maximum atomic E-state index is 12.0. The highest BCUT2D eigenvalue weighted by Gasteiger charge is 2.10. The second kappa shape index (κ2) is 6.78. The second-order valence-electron chi connectivity index (χ2n) is 4.41. The molecule has 0 unspecified atom stereocenters. The molecule has 104 valence electrons. The molecule has 2 aromatic carbocycles. The van der Waals surface area contributed by atoms with E-state index in [4.69, 9.17) is 27.9 Å². The Morgan fingerprint density at radius 1 is 1.05 bits per heavy atom. The van der Waals surface area contributed by atoms with Crippen LogP contribution in [0.25, 0.3) is 0 Å². The number of benzene rings is 2. The third-order valence-corrected chi connectivity index (χ3v) is 3.57. The SMILES string of the molecule is CCCc1ccc(OC(=O)c2ccc(Cl)c(Cl)c2)cc1. The Bertz CT molecular complexity index is 606. The topological polar surface area (TPSA) is 26.3 Å². The maximum absolute atomic E-state index is 12.0. The summed E-state index contributed by atoms with van der Waals surface area (Å²) in [6.07, 6.45) is 2.10. The monoisotopic (exact) mass is 308 g/mol. The van der Waals surface area contributed by atoms with Gasteiger partial charge in [-0.3, -0.25) is 0 Å². The van der Waals surface area contributed by atoms with E-state index in [2.05, 4.69) is 6.92 Å². The highest BCUT2D eigenvalue weighted by molar-refractivity contribution is 6.42. The van der Waals surface area contributed by atoms with Crippen molar-refractivity contribution in [2.75, 3.05) is 0 Å². The van der Waals surface area contributed by atoms with E-state index in [0.717, 1.165) is 12.8 Å². The van der Waals surface area contributed by atoms with E-state index >= 15 is 0 Å². The summed E-state index contributed by atoms with van der Waals surface area (Å²) in [4.78, 5) is 12.0. The highest BCUT2D eigenvalue weighted by Crippen LogP contribution is 2.23. The first kappa shape index (κ1) is 14.9. The molecule has 0 bridgehead atoms. The Balaban J connectivity index is 2.08. The second-order valence-corrected chi connectivity index (χ2v) is 5.23. The zero-order valence-corrected chi connectivity index (χ0v) is 12.5. The van der Waals surface area contributed by atoms with Crippen LogP contribution in [0.3, 0.4) is 0 Å². The van der Waals surface area contributed by atoms with Crippen LogP contribution in [0.15, 0.2) is 42.5 Å². The Morgan fingerprint density at radius 3 is 2.35 bits per heavy atom. The number of carbonyl (C=O) groups excluding carboxylic acids is 1. The summed E-state index contributed by atoms with van der Waals surface area (Å²) < 4.78 is 5.29. The van der Waals surface area contributed by atoms with Crippen LogP contribution < -0.4 is 4.74 Å². The van der Waals surface area contributed by atoms with Gasteiger partial charge in [-0.25, -0.2) is 4.79 Å². The molecule has 0 aromatic heterocycles. The van der Waals surface area contributed by atoms with Gasteiger partial charge < -0.3 is 4.74 Å². The molecule has 0 aliphatic rings. The maximum Gasteiger partial charge on any atom is 0.343 e. The lowest BCUT2D eigenvalue weighted by Gasteiger charge is -2.06. The van der Waals surface area contributed by atoms with Gasteiger partial charge in [0.15, 0.2) is 0 Å². The van der Waals surface area contributed by atoms with Crippen LogP contribution in [0.2, 0.25) is 10.0 Å². The van der Waals surface area contributed by atoms with Gasteiger partial charge in [0, 0.05) is 0 Å². The number of rotatable bonds is 4. The summed E-state index contributed by atoms with van der Waals surface area (Å²) in [7, 11) is 0. The first-order chi connectivity index (χ1) is 9.60. The van der Waals surface area contributed by atoms with Crippen molar-refractivity contribution >= 4 is 29.2 Å². The number of halogens is 2. The molecule has 0 saturated carbocycles. The molecule has 0 aliphatic carbocycles. The van der Waals surface area contributed by atoms with Gasteiger partial charge in [-0.05, 0) is 42.3 Å². The lowest BCUT2D eigenvalue weighted by molar-refractivity contribution is 0.0734. The lowest BCUT2D eigenvalue weighted by atomic mass is 10.1. The van der Waals surface area contributed by atoms with Crippen LogP contribution in [0.5, 0.6) is 5.75 Å². The van der Waals surface area contributed by atoms with Gasteiger partial charge in [-0.1, -0.05) is 48.7 Å². The van der Waals surface area contributed by atoms with Gasteiger partial charge in [0.2, 0.25) is 0 Å². The molecule has 4 heteroatoms. The normalized spacial score (nSPS) is 10.3. The summed E-state index contributed by atoms with van der Waals surface area (Å²) in [6.45, 7) is 2.12. The van der Waals surface area contributed by atoms with Crippen molar-refractivity contribution in [1.82, 2.24) is 0 Å². The Hall–Kier alpha value is -1.51. The standard InChI is InChI=1S/C16H14Cl2O2/c1-2-3-11-4-7-13(8-5-11)20-16(19)12-6-9-14(17)15(18)10-12/h4-10H,2-3H2,1H3. The van der Waals surface area contributed by atoms with E-state index in [0.29, 0.717) is 21.4 Å². The zero-order valence-electron chi connectivity index (χ0n) is 11.0. The molecule has 0 spiro atoms. The molecule has 0 aliphatic heterocycles. The molecule has 0 radical (unpaired) electrons. The van der Waals surface area contributed by atoms with E-state index in [1.165, 1.54) is 11.6 Å². The van der Waals surface area contributed by atoms with Gasteiger partial charge >= 0.3 is 5.97 Å². The Morgan fingerprint density at radius 2 is 1.75 bits per heavy atom. The lowest BCUT2D eigenvalue weighted by Crippen LogP contribution is -2.08. The Labute approximate surface area is 128 Å².